The molecule has 0 aromatic carbocycles. The number of thiazole rings is 1. The van der Waals surface area contributed by atoms with Gasteiger partial charge in [0.15, 0.2) is 5.65 Å². The van der Waals surface area contributed by atoms with E-state index in [4.69, 9.17) is 9.72 Å². The quantitative estimate of drug-likeness (QED) is 0.677. The first kappa shape index (κ1) is 17.9. The molecular weight excluding hydrogens is 362 g/mol. The van der Waals surface area contributed by atoms with Gasteiger partial charge < -0.3 is 9.64 Å². The lowest BCUT2D eigenvalue weighted by atomic mass is 9.93. The third-order valence-corrected chi connectivity index (χ3v) is 5.41. The maximum atomic E-state index is 12.9. The number of nitrogens with zero attached hydrogens (tertiary/aromatic N) is 5. The number of hydrogen-bond donors (Lipinski definition) is 0. The Bertz CT molecular complexity index is 981. The molecule has 1 saturated heterocycles. The average Bonchev–Trinajstić information content (AvgIpc) is 3.18. The van der Waals surface area contributed by atoms with Crippen LogP contribution in [0.25, 0.3) is 11.2 Å². The van der Waals surface area contributed by atoms with Crippen LogP contribution >= 0.6 is 11.3 Å². The fraction of sp³-hybridized carbons (Fsp3) is 0.421. The molecule has 0 saturated carbocycles. The Morgan fingerprint density at radius 2 is 2.04 bits per heavy atom. The van der Waals surface area contributed by atoms with Crippen LogP contribution in [-0.4, -0.2) is 50.4 Å². The molecule has 0 spiro atoms. The molecule has 1 aliphatic rings. The van der Waals surface area contributed by atoms with Gasteiger partial charge in [0.25, 0.3) is 5.91 Å². The highest BCUT2D eigenvalue weighted by Crippen LogP contribution is 2.30. The number of hydrogen-bond acceptors (Lipinski definition) is 7. The zero-order valence-corrected chi connectivity index (χ0v) is 16.4. The minimum Gasteiger partial charge on any atom is -0.367 e. The van der Waals surface area contributed by atoms with Crippen molar-refractivity contribution in [1.82, 2.24) is 24.8 Å². The zero-order valence-electron chi connectivity index (χ0n) is 15.5. The minimum absolute atomic E-state index is 0.00499. The lowest BCUT2D eigenvalue weighted by Gasteiger charge is -2.31. The van der Waals surface area contributed by atoms with Crippen molar-refractivity contribution in [2.75, 3.05) is 19.7 Å². The molecule has 4 heterocycles. The molecule has 140 valence electrons. The van der Waals surface area contributed by atoms with Gasteiger partial charge in [0.1, 0.15) is 22.3 Å². The van der Waals surface area contributed by atoms with E-state index in [0.717, 1.165) is 10.7 Å². The van der Waals surface area contributed by atoms with Crippen LogP contribution in [0.5, 0.6) is 0 Å². The molecule has 7 nitrogen and oxygen atoms in total. The summed E-state index contributed by atoms with van der Waals surface area (Å²) < 4.78 is 5.89. The van der Waals surface area contributed by atoms with Crippen LogP contribution in [0.15, 0.2) is 29.9 Å². The van der Waals surface area contributed by atoms with E-state index in [1.807, 2.05) is 0 Å². The summed E-state index contributed by atoms with van der Waals surface area (Å²) >= 11 is 1.59. The summed E-state index contributed by atoms with van der Waals surface area (Å²) in [7, 11) is 0. The van der Waals surface area contributed by atoms with Gasteiger partial charge in [-0.2, -0.15) is 0 Å². The highest BCUT2D eigenvalue weighted by molar-refractivity contribution is 7.09. The first-order valence-corrected chi connectivity index (χ1v) is 9.74. The number of ether oxygens (including phenoxy) is 1. The molecule has 1 unspecified atom stereocenters. The van der Waals surface area contributed by atoms with Crippen molar-refractivity contribution in [2.24, 2.45) is 0 Å². The van der Waals surface area contributed by atoms with E-state index in [2.05, 4.69) is 41.1 Å². The third kappa shape index (κ3) is 3.68. The molecule has 1 aliphatic heterocycles. The van der Waals surface area contributed by atoms with E-state index in [9.17, 15) is 4.79 Å². The molecule has 0 N–H and O–H groups in total. The van der Waals surface area contributed by atoms with Crippen molar-refractivity contribution in [3.8, 4) is 0 Å². The Morgan fingerprint density at radius 1 is 1.22 bits per heavy atom. The second-order valence-corrected chi connectivity index (χ2v) is 8.42. The number of morpholine rings is 1. The highest BCUT2D eigenvalue weighted by atomic mass is 32.1. The zero-order chi connectivity index (χ0) is 19.0. The monoisotopic (exact) mass is 383 g/mol. The Hall–Kier alpha value is -2.45. The largest absolute Gasteiger partial charge is 0.367 e. The molecular formula is C19H21N5O2S. The Labute approximate surface area is 161 Å². The van der Waals surface area contributed by atoms with Crippen LogP contribution < -0.4 is 0 Å². The fourth-order valence-electron chi connectivity index (χ4n) is 2.90. The molecule has 1 atom stereocenters. The molecule has 4 rings (SSSR count). The van der Waals surface area contributed by atoms with Crippen molar-refractivity contribution >= 4 is 28.4 Å². The van der Waals surface area contributed by atoms with Gasteiger partial charge in [-0.15, -0.1) is 11.3 Å². The number of amides is 1. The second-order valence-electron chi connectivity index (χ2n) is 7.53. The fourth-order valence-corrected chi connectivity index (χ4v) is 3.98. The topological polar surface area (TPSA) is 81.1 Å². The summed E-state index contributed by atoms with van der Waals surface area (Å²) in [4.78, 5) is 32.2. The lowest BCUT2D eigenvalue weighted by Crippen LogP contribution is -2.42. The first-order valence-electron chi connectivity index (χ1n) is 8.86. The summed E-state index contributed by atoms with van der Waals surface area (Å²) in [5, 5.41) is 2.98. The van der Waals surface area contributed by atoms with Crippen LogP contribution in [0, 0.1) is 0 Å². The molecule has 0 bridgehead atoms. The Balaban J connectivity index is 1.53. The molecule has 1 amide bonds. The number of fused-ring (bicyclic) bond motifs is 1. The maximum absolute atomic E-state index is 12.9. The number of rotatable bonds is 2. The van der Waals surface area contributed by atoms with E-state index >= 15 is 0 Å². The summed E-state index contributed by atoms with van der Waals surface area (Å²) in [6, 6.07) is 3.47. The van der Waals surface area contributed by atoms with E-state index < -0.39 is 0 Å². The van der Waals surface area contributed by atoms with Gasteiger partial charge in [-0.25, -0.2) is 15.0 Å². The second kappa shape index (κ2) is 6.94. The average molecular weight is 383 g/mol. The van der Waals surface area contributed by atoms with Gasteiger partial charge >= 0.3 is 0 Å². The van der Waals surface area contributed by atoms with Crippen LogP contribution in [-0.2, 0) is 10.2 Å². The van der Waals surface area contributed by atoms with E-state index in [1.165, 1.54) is 0 Å². The number of carbonyl (C=O) groups is 1. The first-order chi connectivity index (χ1) is 12.9. The van der Waals surface area contributed by atoms with Crippen LogP contribution in [0.4, 0.5) is 0 Å². The van der Waals surface area contributed by atoms with Crippen LogP contribution in [0.1, 0.15) is 48.1 Å². The van der Waals surface area contributed by atoms with Crippen molar-refractivity contribution in [2.45, 2.75) is 32.3 Å². The van der Waals surface area contributed by atoms with Gasteiger partial charge in [0.2, 0.25) is 0 Å². The lowest BCUT2D eigenvalue weighted by molar-refractivity contribution is -0.0231. The van der Waals surface area contributed by atoms with Gasteiger partial charge in [-0.05, 0) is 12.1 Å². The predicted octanol–water partition coefficient (Wildman–Crippen LogP) is 2.99. The normalized spacial score (nSPS) is 18.0. The molecule has 3 aromatic heterocycles. The smallest absolute Gasteiger partial charge is 0.272 e. The number of carbonyl (C=O) groups excluding carboxylic acids is 1. The van der Waals surface area contributed by atoms with Gasteiger partial charge in [0, 0.05) is 29.7 Å². The summed E-state index contributed by atoms with van der Waals surface area (Å²) in [5.41, 5.74) is 2.56. The van der Waals surface area contributed by atoms with E-state index in [-0.39, 0.29) is 17.4 Å². The summed E-state index contributed by atoms with van der Waals surface area (Å²) in [6.07, 6.45) is 2.98. The SMILES string of the molecule is CC(C)(C)c1csc(C2CN(C(=O)c3ccc4nccnc4n3)CCO2)n1. The summed E-state index contributed by atoms with van der Waals surface area (Å²) in [6.45, 7) is 7.89. The number of pyridine rings is 1. The Kier molecular flexibility index (Phi) is 4.61. The third-order valence-electron chi connectivity index (χ3n) is 4.47. The van der Waals surface area contributed by atoms with Gasteiger partial charge in [-0.1, -0.05) is 20.8 Å². The van der Waals surface area contributed by atoms with Crippen molar-refractivity contribution in [1.29, 1.82) is 0 Å². The molecule has 27 heavy (non-hydrogen) atoms. The van der Waals surface area contributed by atoms with E-state index in [0.29, 0.717) is 36.6 Å². The van der Waals surface area contributed by atoms with Gasteiger partial charge in [0.05, 0.1) is 18.8 Å². The van der Waals surface area contributed by atoms with Gasteiger partial charge in [-0.3, -0.25) is 9.78 Å². The van der Waals surface area contributed by atoms with Crippen LogP contribution in [0.3, 0.4) is 0 Å². The maximum Gasteiger partial charge on any atom is 0.272 e. The van der Waals surface area contributed by atoms with Crippen molar-refractivity contribution in [3.63, 3.8) is 0 Å². The number of aromatic nitrogens is 4. The molecule has 8 heteroatoms. The molecule has 3 aromatic rings. The molecule has 1 fully saturated rings. The van der Waals surface area contributed by atoms with E-state index in [1.54, 1.807) is 40.8 Å². The van der Waals surface area contributed by atoms with Crippen LogP contribution in [0.2, 0.25) is 0 Å². The highest BCUT2D eigenvalue weighted by Gasteiger charge is 2.30. The Morgan fingerprint density at radius 3 is 2.81 bits per heavy atom. The molecule has 0 aliphatic carbocycles. The van der Waals surface area contributed by atoms with Crippen molar-refractivity contribution < 1.29 is 9.53 Å². The summed E-state index contributed by atoms with van der Waals surface area (Å²) in [5.74, 6) is -0.122. The standard InChI is InChI=1S/C19H21N5O2S/c1-19(2,3)15-11-27-17(23-15)14-10-24(8-9-26-14)18(25)13-5-4-12-16(22-13)21-7-6-20-12/h4-7,11,14H,8-10H2,1-3H3. The predicted molar refractivity (Wildman–Crippen MR) is 103 cm³/mol. The minimum atomic E-state index is -0.205. The molecule has 0 radical (unpaired) electrons. The van der Waals surface area contributed by atoms with Crippen molar-refractivity contribution in [3.05, 3.63) is 46.3 Å².